The maximum atomic E-state index is 14.4. The van der Waals surface area contributed by atoms with Crippen LogP contribution in [0.5, 0.6) is 11.5 Å². The van der Waals surface area contributed by atoms with Crippen LogP contribution in [0.2, 0.25) is 0 Å². The molecule has 2 N–H and O–H groups in total. The van der Waals surface area contributed by atoms with E-state index in [4.69, 9.17) is 33.2 Å². The van der Waals surface area contributed by atoms with Crippen LogP contribution < -0.4 is 9.47 Å². The van der Waals surface area contributed by atoms with Gasteiger partial charge in [-0.1, -0.05) is 104 Å². The first-order chi connectivity index (χ1) is 37.3. The van der Waals surface area contributed by atoms with Crippen LogP contribution in [0.15, 0.2) is 177 Å². The Morgan fingerprint density at radius 2 is 0.974 bits per heavy atom. The summed E-state index contributed by atoms with van der Waals surface area (Å²) in [6.45, 7) is 6.14. The fourth-order valence-corrected chi connectivity index (χ4v) is 9.75. The van der Waals surface area contributed by atoms with Crippen molar-refractivity contribution in [2.45, 2.75) is 17.6 Å². The van der Waals surface area contributed by atoms with Crippen LogP contribution in [0.4, 0.5) is 0 Å². The van der Waals surface area contributed by atoms with E-state index in [0.29, 0.717) is 22.7 Å². The van der Waals surface area contributed by atoms with Crippen molar-refractivity contribution >= 4 is 57.6 Å². The lowest BCUT2D eigenvalue weighted by Crippen LogP contribution is -2.31. The zero-order valence-corrected chi connectivity index (χ0v) is 41.6. The highest BCUT2D eigenvalue weighted by Gasteiger charge is 2.46. The molecule has 7 aromatic carbocycles. The third-order valence-corrected chi connectivity index (χ3v) is 13.3. The maximum Gasteiger partial charge on any atom is 0.339 e. The van der Waals surface area contributed by atoms with Gasteiger partial charge in [-0.15, -0.1) is 0 Å². The second-order valence-electron chi connectivity index (χ2n) is 17.7. The van der Waals surface area contributed by atoms with Crippen LogP contribution in [-0.4, -0.2) is 103 Å². The summed E-state index contributed by atoms with van der Waals surface area (Å²) in [5.41, 5.74) is 4.89. The molecule has 1 aliphatic rings. The number of fused-ring (bicyclic) bond motifs is 6. The minimum absolute atomic E-state index is 0.0125. The number of hydrogen-bond donors (Lipinski definition) is 2. The van der Waals surface area contributed by atoms with Gasteiger partial charge in [0.2, 0.25) is 0 Å². The van der Waals surface area contributed by atoms with Gasteiger partial charge in [0, 0.05) is 35.7 Å². The van der Waals surface area contributed by atoms with Crippen molar-refractivity contribution in [1.29, 1.82) is 0 Å². The number of carbonyl (C=O) groups excluding carboxylic acids is 4. The number of ether oxygens (including phenoxy) is 7. The molecule has 9 rings (SSSR count). The first kappa shape index (κ1) is 52.1. The third kappa shape index (κ3) is 10.1. The number of aromatic nitrogens is 1. The Kier molecular flexibility index (Phi) is 15.1. The number of benzene rings is 7. The number of carbonyl (C=O) groups is 6. The smallest absolute Gasteiger partial charge is 0.339 e. The second kappa shape index (κ2) is 22.4. The molecule has 0 fully saturated rings. The van der Waals surface area contributed by atoms with E-state index in [1.165, 1.54) is 31.4 Å². The largest absolute Gasteiger partial charge is 0.491 e. The summed E-state index contributed by atoms with van der Waals surface area (Å²) in [5, 5.41) is 21.2. The minimum atomic E-state index is -1.49. The molecule has 2 atom stereocenters. The number of aromatic carboxylic acids is 2. The molecular weight excluding hydrogens is 987 g/mol. The summed E-state index contributed by atoms with van der Waals surface area (Å²) < 4.78 is 40.8. The molecule has 0 amide bonds. The summed E-state index contributed by atoms with van der Waals surface area (Å²) in [5.74, 6) is -5.36. The van der Waals surface area contributed by atoms with Gasteiger partial charge in [-0.3, -0.25) is 0 Å². The Morgan fingerprint density at radius 3 is 1.43 bits per heavy atom. The molecule has 0 bridgehead atoms. The van der Waals surface area contributed by atoms with Crippen LogP contribution in [0.1, 0.15) is 63.7 Å². The van der Waals surface area contributed by atoms with Crippen molar-refractivity contribution < 1.29 is 72.1 Å². The lowest BCUT2D eigenvalue weighted by atomic mass is 9.68. The molecule has 1 heterocycles. The van der Waals surface area contributed by atoms with Crippen LogP contribution in [-0.2, 0) is 38.7 Å². The fourth-order valence-electron chi connectivity index (χ4n) is 9.75. The molecule has 0 saturated carbocycles. The standard InChI is InChI=1S/C61H49NO15/c1-5-55(63)75-33-41(71-3)32-73-39-24-20-36(21-25-39)61(51-18-12-10-16-43(51)44-17-11-13-19-52(44)61)37-22-26-40(27-23-37)74-34-42(35-76-56(64)6-2)77-60(70)50-31-54-46(29-48(50)58(67)68)45-28-47(57(65)66)49(59(69)72-4)30-53(45)62(54)38-14-8-7-9-15-38/h5-31,41-42H,1-2,32-35H2,3-4H3,(H,65,66)(H,67,68). The highest BCUT2D eigenvalue weighted by molar-refractivity contribution is 6.18. The first-order valence-corrected chi connectivity index (χ1v) is 24.1. The van der Waals surface area contributed by atoms with Crippen LogP contribution in [0.3, 0.4) is 0 Å². The summed E-state index contributed by atoms with van der Waals surface area (Å²) in [6.07, 6.45) is 0.218. The van der Waals surface area contributed by atoms with Gasteiger partial charge in [0.15, 0.2) is 6.10 Å². The summed E-state index contributed by atoms with van der Waals surface area (Å²) in [6, 6.07) is 45.5. The summed E-state index contributed by atoms with van der Waals surface area (Å²) in [4.78, 5) is 76.7. The number of nitrogens with zero attached hydrogens (tertiary/aromatic N) is 1. The topological polar surface area (TPSA) is 212 Å². The molecule has 16 heteroatoms. The highest BCUT2D eigenvalue weighted by Crippen LogP contribution is 2.56. The number of methoxy groups -OCH3 is 2. The van der Waals surface area contributed by atoms with Gasteiger partial charge in [-0.05, 0) is 94.0 Å². The molecule has 1 aliphatic carbocycles. The number of hydrogen-bond acceptors (Lipinski definition) is 13. The van der Waals surface area contributed by atoms with E-state index < -0.39 is 65.6 Å². The van der Waals surface area contributed by atoms with E-state index in [0.717, 1.165) is 52.6 Å². The average molecular weight is 1040 g/mol. The van der Waals surface area contributed by atoms with Gasteiger partial charge < -0.3 is 47.9 Å². The molecule has 1 aromatic heterocycles. The highest BCUT2D eigenvalue weighted by atomic mass is 16.6. The number of esters is 4. The van der Waals surface area contributed by atoms with Crippen molar-refractivity contribution in [1.82, 2.24) is 4.57 Å². The zero-order valence-electron chi connectivity index (χ0n) is 41.6. The number of para-hydroxylation sites is 1. The quantitative estimate of drug-likeness (QED) is 0.0389. The molecular formula is C61H49NO15. The van der Waals surface area contributed by atoms with E-state index in [1.807, 2.05) is 60.7 Å². The molecule has 0 aliphatic heterocycles. The molecule has 0 spiro atoms. The molecule has 8 aromatic rings. The van der Waals surface area contributed by atoms with Crippen molar-refractivity contribution in [3.8, 4) is 28.3 Å². The Bertz CT molecular complexity index is 3570. The Morgan fingerprint density at radius 1 is 0.532 bits per heavy atom. The van der Waals surface area contributed by atoms with Gasteiger partial charge in [0.05, 0.1) is 45.8 Å². The Balaban J connectivity index is 1.03. The molecule has 0 radical (unpaired) electrons. The normalized spacial score (nSPS) is 12.8. The van der Waals surface area contributed by atoms with E-state index in [1.54, 1.807) is 47.0 Å². The van der Waals surface area contributed by atoms with Crippen molar-refractivity contribution in [2.75, 3.05) is 40.6 Å². The number of rotatable bonds is 21. The monoisotopic (exact) mass is 1040 g/mol. The lowest BCUT2D eigenvalue weighted by molar-refractivity contribution is -0.142. The van der Waals surface area contributed by atoms with E-state index in [9.17, 15) is 39.0 Å². The molecule has 388 valence electrons. The van der Waals surface area contributed by atoms with Gasteiger partial charge in [0.1, 0.15) is 44.0 Å². The minimum Gasteiger partial charge on any atom is -0.491 e. The van der Waals surface area contributed by atoms with Gasteiger partial charge in [0.25, 0.3) is 0 Å². The predicted molar refractivity (Wildman–Crippen MR) is 283 cm³/mol. The van der Waals surface area contributed by atoms with Gasteiger partial charge >= 0.3 is 35.8 Å². The van der Waals surface area contributed by atoms with Crippen LogP contribution in [0.25, 0.3) is 38.6 Å². The molecule has 0 saturated heterocycles. The van der Waals surface area contributed by atoms with E-state index in [2.05, 4.69) is 37.4 Å². The number of carboxylic acids is 2. The van der Waals surface area contributed by atoms with E-state index in [-0.39, 0.29) is 52.8 Å². The van der Waals surface area contributed by atoms with E-state index >= 15 is 0 Å². The average Bonchev–Trinajstić information content (AvgIpc) is 3.96. The summed E-state index contributed by atoms with van der Waals surface area (Å²) >= 11 is 0. The predicted octanol–water partition coefficient (Wildman–Crippen LogP) is 9.79. The van der Waals surface area contributed by atoms with Gasteiger partial charge in [-0.2, -0.15) is 0 Å². The Labute approximate surface area is 440 Å². The van der Waals surface area contributed by atoms with Crippen LogP contribution >= 0.6 is 0 Å². The molecule has 77 heavy (non-hydrogen) atoms. The molecule has 16 nitrogen and oxygen atoms in total. The first-order valence-electron chi connectivity index (χ1n) is 24.1. The maximum absolute atomic E-state index is 14.4. The SMILES string of the molecule is C=CC(=O)OCC(COc1ccc(C2(c3ccc(OCC(COC(=O)C=C)OC(=O)c4cc5c(cc4C(=O)O)c4cc(C(=O)O)c(C(=O)OC)cc4n5-c4ccccc4)cc3)c3ccccc3-c3ccccc32)cc1)OC. The fraction of sp³-hybridized carbons (Fsp3) is 0.148. The summed E-state index contributed by atoms with van der Waals surface area (Å²) in [7, 11) is 2.63. The Hall–Kier alpha value is -9.80. The second-order valence-corrected chi connectivity index (χ2v) is 17.7. The number of carboxylic acid groups (broad SMARTS) is 2. The molecule has 2 unspecified atom stereocenters. The third-order valence-electron chi connectivity index (χ3n) is 13.3. The van der Waals surface area contributed by atoms with Gasteiger partial charge in [-0.25, -0.2) is 28.8 Å². The zero-order chi connectivity index (χ0) is 54.4. The van der Waals surface area contributed by atoms with Crippen molar-refractivity contribution in [3.05, 3.63) is 221 Å². The lowest BCUT2D eigenvalue weighted by Gasteiger charge is -2.34. The van der Waals surface area contributed by atoms with Crippen molar-refractivity contribution in [3.63, 3.8) is 0 Å². The van der Waals surface area contributed by atoms with Crippen LogP contribution in [0, 0.1) is 0 Å². The van der Waals surface area contributed by atoms with Crippen molar-refractivity contribution in [2.24, 2.45) is 0 Å².